The van der Waals surface area contributed by atoms with E-state index in [1.807, 2.05) is 32.0 Å². The Hall–Kier alpha value is -3.84. The first-order chi connectivity index (χ1) is 16.9. The van der Waals surface area contributed by atoms with Crippen molar-refractivity contribution >= 4 is 35.2 Å². The summed E-state index contributed by atoms with van der Waals surface area (Å²) in [5, 5.41) is 6.22. The summed E-state index contributed by atoms with van der Waals surface area (Å²) in [7, 11) is 0. The third-order valence-electron chi connectivity index (χ3n) is 5.70. The molecule has 2 atom stereocenters. The normalized spacial score (nSPS) is 17.1. The second-order valence-electron chi connectivity index (χ2n) is 8.35. The minimum absolute atomic E-state index is 0.168. The first kappa shape index (κ1) is 24.3. The van der Waals surface area contributed by atoms with Crippen LogP contribution < -0.4 is 10.6 Å². The van der Waals surface area contributed by atoms with Gasteiger partial charge in [-0.2, -0.15) is 0 Å². The SMILES string of the molecule is CCNC(=O)C1C(c2cccc(NC(=O)c3cccc(C)c3)c2)OC(=O)N1Cc1cccc(Cl)c1. The van der Waals surface area contributed by atoms with Crippen LogP contribution in [0.4, 0.5) is 10.5 Å². The zero-order valence-corrected chi connectivity index (χ0v) is 20.2. The van der Waals surface area contributed by atoms with E-state index in [0.29, 0.717) is 28.4 Å². The highest BCUT2D eigenvalue weighted by molar-refractivity contribution is 6.30. The summed E-state index contributed by atoms with van der Waals surface area (Å²) in [4.78, 5) is 40.0. The van der Waals surface area contributed by atoms with Crippen molar-refractivity contribution in [3.05, 3.63) is 100 Å². The summed E-state index contributed by atoms with van der Waals surface area (Å²) in [5.74, 6) is -0.572. The zero-order valence-electron chi connectivity index (χ0n) is 19.5. The minimum Gasteiger partial charge on any atom is -0.438 e. The van der Waals surface area contributed by atoms with Crippen molar-refractivity contribution in [2.45, 2.75) is 32.5 Å². The highest BCUT2D eigenvalue weighted by Gasteiger charge is 2.46. The van der Waals surface area contributed by atoms with Gasteiger partial charge in [0.2, 0.25) is 5.91 Å². The molecular formula is C27H26ClN3O4. The maximum atomic E-state index is 13.0. The number of rotatable bonds is 7. The second-order valence-corrected chi connectivity index (χ2v) is 8.79. The molecule has 1 aliphatic heterocycles. The molecule has 0 aromatic heterocycles. The average molecular weight is 492 g/mol. The molecule has 3 aromatic carbocycles. The number of carbonyl (C=O) groups is 3. The molecule has 0 spiro atoms. The summed E-state index contributed by atoms with van der Waals surface area (Å²) in [5.41, 5.74) is 3.44. The van der Waals surface area contributed by atoms with Crippen molar-refractivity contribution in [3.8, 4) is 0 Å². The summed E-state index contributed by atoms with van der Waals surface area (Å²) in [6, 6.07) is 20.5. The molecular weight excluding hydrogens is 466 g/mol. The second kappa shape index (κ2) is 10.6. The Kier molecular flexibility index (Phi) is 7.36. The van der Waals surface area contributed by atoms with Crippen LogP contribution in [0, 0.1) is 6.92 Å². The van der Waals surface area contributed by atoms with E-state index in [4.69, 9.17) is 16.3 Å². The van der Waals surface area contributed by atoms with Crippen LogP contribution in [0.25, 0.3) is 0 Å². The first-order valence-corrected chi connectivity index (χ1v) is 11.7. The van der Waals surface area contributed by atoms with Crippen LogP contribution in [0.5, 0.6) is 0 Å². The number of likely N-dealkylation sites (N-methyl/N-ethyl adjacent to an activating group) is 1. The molecule has 180 valence electrons. The Morgan fingerprint density at radius 1 is 1.03 bits per heavy atom. The van der Waals surface area contributed by atoms with E-state index in [0.717, 1.165) is 11.1 Å². The topological polar surface area (TPSA) is 87.7 Å². The van der Waals surface area contributed by atoms with E-state index in [1.165, 1.54) is 4.90 Å². The lowest BCUT2D eigenvalue weighted by Gasteiger charge is -2.24. The van der Waals surface area contributed by atoms with Crippen molar-refractivity contribution in [1.29, 1.82) is 0 Å². The van der Waals surface area contributed by atoms with Gasteiger partial charge in [0.15, 0.2) is 12.1 Å². The van der Waals surface area contributed by atoms with Gasteiger partial charge in [-0.15, -0.1) is 0 Å². The number of hydrogen-bond acceptors (Lipinski definition) is 4. The molecule has 1 fully saturated rings. The summed E-state index contributed by atoms with van der Waals surface area (Å²) >= 11 is 6.10. The van der Waals surface area contributed by atoms with Crippen LogP contribution >= 0.6 is 11.6 Å². The third-order valence-corrected chi connectivity index (χ3v) is 5.93. The zero-order chi connectivity index (χ0) is 24.9. The van der Waals surface area contributed by atoms with Crippen molar-refractivity contribution in [2.75, 3.05) is 11.9 Å². The number of anilines is 1. The first-order valence-electron chi connectivity index (χ1n) is 11.3. The Balaban J connectivity index is 1.60. The summed E-state index contributed by atoms with van der Waals surface area (Å²) in [6.07, 6.45) is -1.44. The van der Waals surface area contributed by atoms with Crippen LogP contribution in [0.1, 0.15) is 40.1 Å². The molecule has 0 bridgehead atoms. The van der Waals surface area contributed by atoms with Gasteiger partial charge in [0.1, 0.15) is 0 Å². The molecule has 2 N–H and O–H groups in total. The lowest BCUT2D eigenvalue weighted by atomic mass is 10.00. The molecule has 7 nitrogen and oxygen atoms in total. The highest BCUT2D eigenvalue weighted by atomic mass is 35.5. The maximum Gasteiger partial charge on any atom is 0.411 e. The Morgan fingerprint density at radius 2 is 1.80 bits per heavy atom. The van der Waals surface area contributed by atoms with Gasteiger partial charge in [-0.3, -0.25) is 14.5 Å². The number of carbonyl (C=O) groups excluding carboxylic acids is 3. The van der Waals surface area contributed by atoms with E-state index >= 15 is 0 Å². The molecule has 4 rings (SSSR count). The summed E-state index contributed by atoms with van der Waals surface area (Å²) < 4.78 is 5.68. The number of ether oxygens (including phenoxy) is 1. The molecule has 3 aromatic rings. The van der Waals surface area contributed by atoms with Crippen LogP contribution in [0.3, 0.4) is 0 Å². The monoisotopic (exact) mass is 491 g/mol. The van der Waals surface area contributed by atoms with Crippen molar-refractivity contribution in [3.63, 3.8) is 0 Å². The van der Waals surface area contributed by atoms with Crippen LogP contribution in [0.15, 0.2) is 72.8 Å². The number of nitrogens with one attached hydrogen (secondary N) is 2. The van der Waals surface area contributed by atoms with E-state index in [1.54, 1.807) is 54.6 Å². The molecule has 1 heterocycles. The standard InChI is InChI=1S/C27H26ClN3O4/c1-3-29-26(33)23-24(35-27(34)31(23)16-18-8-5-11-21(28)14-18)19-9-6-12-22(15-19)30-25(32)20-10-4-7-17(2)13-20/h4-15,23-24H,3,16H2,1-2H3,(H,29,33)(H,30,32). The smallest absolute Gasteiger partial charge is 0.411 e. The van der Waals surface area contributed by atoms with Gasteiger partial charge in [0, 0.05) is 22.8 Å². The van der Waals surface area contributed by atoms with E-state index in [9.17, 15) is 14.4 Å². The molecule has 3 amide bonds. The van der Waals surface area contributed by atoms with Crippen LogP contribution in [-0.2, 0) is 16.1 Å². The largest absolute Gasteiger partial charge is 0.438 e. The third kappa shape index (κ3) is 5.63. The molecule has 0 radical (unpaired) electrons. The van der Waals surface area contributed by atoms with Gasteiger partial charge in [-0.1, -0.05) is 53.6 Å². The number of halogens is 1. The predicted octanol–water partition coefficient (Wildman–Crippen LogP) is 5.10. The molecule has 2 unspecified atom stereocenters. The van der Waals surface area contributed by atoms with Gasteiger partial charge in [0.25, 0.3) is 5.91 Å². The fourth-order valence-electron chi connectivity index (χ4n) is 4.10. The molecule has 0 aliphatic carbocycles. The Bertz CT molecular complexity index is 1260. The number of nitrogens with zero attached hydrogens (tertiary/aromatic N) is 1. The summed E-state index contributed by atoms with van der Waals surface area (Å²) in [6.45, 7) is 4.31. The number of cyclic esters (lactones) is 1. The maximum absolute atomic E-state index is 13.0. The van der Waals surface area contributed by atoms with E-state index in [-0.39, 0.29) is 18.4 Å². The van der Waals surface area contributed by atoms with Crippen LogP contribution in [-0.4, -0.2) is 35.4 Å². The fourth-order valence-corrected chi connectivity index (χ4v) is 4.32. The van der Waals surface area contributed by atoms with Gasteiger partial charge >= 0.3 is 6.09 Å². The lowest BCUT2D eigenvalue weighted by Crippen LogP contribution is -2.46. The lowest BCUT2D eigenvalue weighted by molar-refractivity contribution is -0.126. The predicted molar refractivity (Wildman–Crippen MR) is 134 cm³/mol. The van der Waals surface area contributed by atoms with E-state index in [2.05, 4.69) is 10.6 Å². The number of aryl methyl sites for hydroxylation is 1. The van der Waals surface area contributed by atoms with Gasteiger partial charge in [-0.05, 0) is 61.4 Å². The molecule has 8 heteroatoms. The van der Waals surface area contributed by atoms with Crippen molar-refractivity contribution < 1.29 is 19.1 Å². The quantitative estimate of drug-likeness (QED) is 0.481. The molecule has 1 aliphatic rings. The molecule has 1 saturated heterocycles. The minimum atomic E-state index is -0.885. The fraction of sp³-hybridized carbons (Fsp3) is 0.222. The number of hydrogen-bond donors (Lipinski definition) is 2. The van der Waals surface area contributed by atoms with Gasteiger partial charge in [0.05, 0.1) is 6.54 Å². The van der Waals surface area contributed by atoms with Crippen LogP contribution in [0.2, 0.25) is 5.02 Å². The number of benzene rings is 3. The van der Waals surface area contributed by atoms with E-state index < -0.39 is 18.2 Å². The average Bonchev–Trinajstić information content (AvgIpc) is 3.15. The Labute approximate surface area is 209 Å². The van der Waals surface area contributed by atoms with Gasteiger partial charge in [-0.25, -0.2) is 4.79 Å². The molecule has 0 saturated carbocycles. The number of amides is 3. The van der Waals surface area contributed by atoms with Gasteiger partial charge < -0.3 is 15.4 Å². The Morgan fingerprint density at radius 3 is 2.54 bits per heavy atom. The highest BCUT2D eigenvalue weighted by Crippen LogP contribution is 2.35. The van der Waals surface area contributed by atoms with Crippen molar-refractivity contribution in [1.82, 2.24) is 10.2 Å². The van der Waals surface area contributed by atoms with Crippen molar-refractivity contribution in [2.24, 2.45) is 0 Å². The molecule has 35 heavy (non-hydrogen) atoms.